The molecule has 66 heavy (non-hydrogen) atoms. The molecule has 1 spiro atoms. The van der Waals surface area contributed by atoms with Crippen LogP contribution >= 0.6 is 11.8 Å². The van der Waals surface area contributed by atoms with Crippen molar-refractivity contribution in [1.82, 2.24) is 9.13 Å². The Balaban J connectivity index is 0.962. The lowest BCUT2D eigenvalue weighted by Gasteiger charge is -2.43. The monoisotopic (exact) mass is 859 g/mol. The van der Waals surface area contributed by atoms with Crippen LogP contribution < -0.4 is 4.90 Å². The number of para-hydroxylation sites is 4. The number of anilines is 3. The smallest absolute Gasteiger partial charge is 0.0717 e. The summed E-state index contributed by atoms with van der Waals surface area (Å²) in [5.74, 6) is 0.420. The van der Waals surface area contributed by atoms with E-state index in [1.165, 1.54) is 115 Å². The fourth-order valence-corrected chi connectivity index (χ4v) is 13.6. The molecule has 11 aromatic rings. The Morgan fingerprint density at radius 2 is 1.17 bits per heavy atom. The van der Waals surface area contributed by atoms with Gasteiger partial charge >= 0.3 is 0 Å². The molecule has 4 heteroatoms. The second kappa shape index (κ2) is 13.4. The average molecular weight is 860 g/mol. The molecule has 3 nitrogen and oxygen atoms in total. The van der Waals surface area contributed by atoms with E-state index in [2.05, 4.69) is 233 Å². The van der Waals surface area contributed by atoms with Gasteiger partial charge in [0.05, 0.1) is 38.9 Å². The van der Waals surface area contributed by atoms with E-state index in [1.807, 2.05) is 11.8 Å². The van der Waals surface area contributed by atoms with Crippen LogP contribution in [0.15, 0.2) is 228 Å². The molecule has 2 atom stereocenters. The first-order chi connectivity index (χ1) is 32.7. The van der Waals surface area contributed by atoms with E-state index in [1.54, 1.807) is 0 Å². The standard InChI is InChI=1S/C62H41N3S/c1-38-26-33-55-51(36-38)62(50-21-13-19-45-43-16-6-10-23-53(43)65(55)60(45)50)48-20-8-5-18-46(48)59-49(62)32-35-57-61(59)66-58-25-12-11-24-56(58)64(57)42-31-34-54-47(37-42)44-17-7-9-22-52(44)63(54)41-29-27-40(28-30-41)39-14-3-2-4-15-39/h2-35,37-38H,36H2,1H3. The molecule has 2 unspecified atom stereocenters. The molecule has 0 bridgehead atoms. The predicted molar refractivity (Wildman–Crippen MR) is 276 cm³/mol. The number of hydrogen-bond acceptors (Lipinski definition) is 2. The van der Waals surface area contributed by atoms with Gasteiger partial charge in [-0.05, 0) is 118 Å². The Morgan fingerprint density at radius 3 is 2.03 bits per heavy atom. The molecule has 0 N–H and O–H groups in total. The highest BCUT2D eigenvalue weighted by Gasteiger charge is 2.53. The van der Waals surface area contributed by atoms with E-state index < -0.39 is 5.41 Å². The number of benzene rings is 9. The van der Waals surface area contributed by atoms with Gasteiger partial charge in [0.2, 0.25) is 0 Å². The van der Waals surface area contributed by atoms with Crippen LogP contribution in [0.4, 0.5) is 17.1 Å². The molecule has 9 aromatic carbocycles. The summed E-state index contributed by atoms with van der Waals surface area (Å²) in [6.07, 6.45) is 5.85. The highest BCUT2D eigenvalue weighted by molar-refractivity contribution is 8.00. The van der Waals surface area contributed by atoms with E-state index in [0.29, 0.717) is 5.92 Å². The van der Waals surface area contributed by atoms with E-state index in [0.717, 1.165) is 17.8 Å². The molecule has 0 saturated carbocycles. The molecule has 4 aliphatic rings. The number of rotatable bonds is 3. The van der Waals surface area contributed by atoms with Gasteiger partial charge in [0.25, 0.3) is 0 Å². The van der Waals surface area contributed by atoms with Crippen LogP contribution in [0.2, 0.25) is 0 Å². The normalized spacial score (nSPS) is 17.7. The fourth-order valence-electron chi connectivity index (χ4n) is 12.4. The molecule has 4 heterocycles. The summed E-state index contributed by atoms with van der Waals surface area (Å²) >= 11 is 1.94. The fraction of sp³-hybridized carbons (Fsp3) is 0.0645. The van der Waals surface area contributed by atoms with Gasteiger partial charge in [0.15, 0.2) is 0 Å². The van der Waals surface area contributed by atoms with Gasteiger partial charge in [0, 0.05) is 54.0 Å². The van der Waals surface area contributed by atoms with Gasteiger partial charge in [-0.1, -0.05) is 164 Å². The van der Waals surface area contributed by atoms with Crippen LogP contribution in [-0.2, 0) is 5.41 Å². The second-order valence-corrected chi connectivity index (χ2v) is 19.5. The molecule has 310 valence electrons. The van der Waals surface area contributed by atoms with Crippen LogP contribution in [0.25, 0.3) is 77.2 Å². The van der Waals surface area contributed by atoms with Crippen LogP contribution in [0.1, 0.15) is 30.0 Å². The molecule has 0 radical (unpaired) electrons. The van der Waals surface area contributed by atoms with E-state index in [9.17, 15) is 0 Å². The molecule has 2 aliphatic carbocycles. The maximum Gasteiger partial charge on any atom is 0.0717 e. The van der Waals surface area contributed by atoms with Crippen molar-refractivity contribution in [3.8, 4) is 27.9 Å². The van der Waals surface area contributed by atoms with Crippen LogP contribution in [0.5, 0.6) is 0 Å². The Morgan fingerprint density at radius 1 is 0.500 bits per heavy atom. The number of nitrogens with zero attached hydrogens (tertiary/aromatic N) is 3. The Labute approximate surface area is 387 Å². The van der Waals surface area contributed by atoms with Crippen molar-refractivity contribution in [1.29, 1.82) is 0 Å². The van der Waals surface area contributed by atoms with E-state index in [4.69, 9.17) is 0 Å². The van der Waals surface area contributed by atoms with Gasteiger partial charge in [-0.25, -0.2) is 0 Å². The van der Waals surface area contributed by atoms with Gasteiger partial charge < -0.3 is 14.0 Å². The van der Waals surface area contributed by atoms with Crippen LogP contribution in [0.3, 0.4) is 0 Å². The summed E-state index contributed by atoms with van der Waals surface area (Å²) in [7, 11) is 0. The van der Waals surface area contributed by atoms with Gasteiger partial charge in [-0.15, -0.1) is 0 Å². The first kappa shape index (κ1) is 36.5. The molecular formula is C62H41N3S. The third-order valence-electron chi connectivity index (χ3n) is 15.1. The zero-order valence-corrected chi connectivity index (χ0v) is 37.1. The Kier molecular flexibility index (Phi) is 7.41. The van der Waals surface area contributed by atoms with Crippen LogP contribution in [0, 0.1) is 5.92 Å². The van der Waals surface area contributed by atoms with Crippen molar-refractivity contribution in [3.05, 3.63) is 235 Å². The maximum absolute atomic E-state index is 2.58. The molecule has 2 aliphatic heterocycles. The lowest BCUT2D eigenvalue weighted by atomic mass is 9.62. The summed E-state index contributed by atoms with van der Waals surface area (Å²) in [5, 5.41) is 5.11. The van der Waals surface area contributed by atoms with Crippen molar-refractivity contribution in [3.63, 3.8) is 0 Å². The molecule has 0 fully saturated rings. The lowest BCUT2D eigenvalue weighted by molar-refractivity contribution is 0.609. The average Bonchev–Trinajstić information content (AvgIpc) is 4.00. The molecule has 15 rings (SSSR count). The summed E-state index contributed by atoms with van der Waals surface area (Å²) in [5.41, 5.74) is 21.4. The highest BCUT2D eigenvalue weighted by Crippen LogP contribution is 2.66. The molecule has 0 saturated heterocycles. The van der Waals surface area contributed by atoms with Gasteiger partial charge in [-0.3, -0.25) is 0 Å². The summed E-state index contributed by atoms with van der Waals surface area (Å²) in [4.78, 5) is 5.11. The second-order valence-electron chi connectivity index (χ2n) is 18.5. The number of fused-ring (bicyclic) bond motifs is 17. The Bertz CT molecular complexity index is 3960. The van der Waals surface area contributed by atoms with Gasteiger partial charge in [-0.2, -0.15) is 0 Å². The van der Waals surface area contributed by atoms with Crippen molar-refractivity contribution in [2.45, 2.75) is 28.6 Å². The predicted octanol–water partition coefficient (Wildman–Crippen LogP) is 16.6. The maximum atomic E-state index is 2.58. The van der Waals surface area contributed by atoms with E-state index in [-0.39, 0.29) is 0 Å². The van der Waals surface area contributed by atoms with Crippen molar-refractivity contribution in [2.24, 2.45) is 5.92 Å². The SMILES string of the molecule is CC1C=CC2=C(C1)C1(c3ccccc3-c3c1ccc1c3Sc3ccccc3N1c1ccc3c(c1)c1ccccc1n3-c1ccc(-c3ccccc3)cc1)c1cccc3c4ccccc4n2c13. The summed E-state index contributed by atoms with van der Waals surface area (Å²) in [6, 6.07) is 75.0. The highest BCUT2D eigenvalue weighted by atomic mass is 32.2. The minimum absolute atomic E-state index is 0.420. The van der Waals surface area contributed by atoms with Crippen molar-refractivity contribution < 1.29 is 0 Å². The molecule has 2 aromatic heterocycles. The number of hydrogen-bond donors (Lipinski definition) is 0. The molecule has 0 amide bonds. The quantitative estimate of drug-likeness (QED) is 0.176. The number of aromatic nitrogens is 2. The lowest BCUT2D eigenvalue weighted by Crippen LogP contribution is -2.36. The number of allylic oxidation sites excluding steroid dienone is 4. The first-order valence-corrected chi connectivity index (χ1v) is 24.0. The zero-order chi connectivity index (χ0) is 43.3. The minimum atomic E-state index is -0.443. The largest absolute Gasteiger partial charge is 0.309 e. The van der Waals surface area contributed by atoms with Crippen LogP contribution in [-0.4, -0.2) is 9.13 Å². The van der Waals surface area contributed by atoms with Gasteiger partial charge in [0.1, 0.15) is 0 Å². The van der Waals surface area contributed by atoms with Crippen molar-refractivity contribution in [2.75, 3.05) is 4.90 Å². The first-order valence-electron chi connectivity index (χ1n) is 23.1. The van der Waals surface area contributed by atoms with E-state index >= 15 is 0 Å². The molecular weight excluding hydrogens is 819 g/mol. The third-order valence-corrected chi connectivity index (χ3v) is 16.2. The Hall–Kier alpha value is -7.79. The topological polar surface area (TPSA) is 13.1 Å². The minimum Gasteiger partial charge on any atom is -0.309 e. The summed E-state index contributed by atoms with van der Waals surface area (Å²) in [6.45, 7) is 2.38. The third kappa shape index (κ3) is 4.69. The zero-order valence-electron chi connectivity index (χ0n) is 36.2. The van der Waals surface area contributed by atoms with Crippen molar-refractivity contribution >= 4 is 78.1 Å². The summed E-state index contributed by atoms with van der Waals surface area (Å²) < 4.78 is 5.01.